The molecule has 0 aliphatic heterocycles. The summed E-state index contributed by atoms with van der Waals surface area (Å²) in [6, 6.07) is 2.36. The highest BCUT2D eigenvalue weighted by Gasteiger charge is 2.32. The van der Waals surface area contributed by atoms with Gasteiger partial charge in [0.1, 0.15) is 10.7 Å². The fourth-order valence-corrected chi connectivity index (χ4v) is 6.52. The molecule has 0 unspecified atom stereocenters. The highest BCUT2D eigenvalue weighted by atomic mass is 32.1. The molecule has 0 amide bonds. The number of carboxylic acids is 1. The van der Waals surface area contributed by atoms with Crippen molar-refractivity contribution in [3.8, 4) is 0 Å². The van der Waals surface area contributed by atoms with E-state index in [1.165, 1.54) is 37.0 Å². The molecule has 0 atom stereocenters. The fourth-order valence-electron chi connectivity index (χ4n) is 5.45. The molecule has 170 valence electrons. The van der Waals surface area contributed by atoms with Crippen LogP contribution in [0.5, 0.6) is 0 Å². The molecule has 2 N–H and O–H groups in total. The standard InChI is InChI=1S/C25H35NO4S/c1-16-2-4-17(5-3-16)15-26(19-8-12-21(28)13-9-19)22-14-23(31-24(22)25(29)30)18-6-10-20(27)11-7-18/h6,14,16-17,19,21,28H,2-5,7-13,15H2,1H3,(H,29,30). The molecule has 3 aliphatic rings. The highest BCUT2D eigenvalue weighted by molar-refractivity contribution is 7.15. The van der Waals surface area contributed by atoms with Crippen molar-refractivity contribution in [1.82, 2.24) is 0 Å². The molecule has 0 saturated heterocycles. The molecule has 31 heavy (non-hydrogen) atoms. The molecule has 0 aromatic carbocycles. The molecular weight excluding hydrogens is 410 g/mol. The summed E-state index contributed by atoms with van der Waals surface area (Å²) in [7, 11) is 0. The summed E-state index contributed by atoms with van der Waals surface area (Å²) in [4.78, 5) is 27.7. The number of allylic oxidation sites excluding steroid dienone is 2. The summed E-state index contributed by atoms with van der Waals surface area (Å²) >= 11 is 1.36. The molecule has 1 aromatic heterocycles. The molecule has 6 heteroatoms. The van der Waals surface area contributed by atoms with Gasteiger partial charge in [-0.15, -0.1) is 11.3 Å². The molecule has 3 aliphatic carbocycles. The van der Waals surface area contributed by atoms with Crippen molar-refractivity contribution in [3.05, 3.63) is 21.9 Å². The fraction of sp³-hybridized carbons (Fsp3) is 0.680. The number of ketones is 1. The number of hydrogen-bond donors (Lipinski definition) is 2. The predicted octanol–water partition coefficient (Wildman–Crippen LogP) is 5.52. The van der Waals surface area contributed by atoms with Gasteiger partial charge in [0.05, 0.1) is 11.8 Å². The van der Waals surface area contributed by atoms with E-state index < -0.39 is 5.97 Å². The Kier molecular flexibility index (Phi) is 7.17. The van der Waals surface area contributed by atoms with Crippen molar-refractivity contribution < 1.29 is 19.8 Å². The first-order chi connectivity index (χ1) is 14.9. The van der Waals surface area contributed by atoms with Crippen LogP contribution in [-0.2, 0) is 4.79 Å². The molecule has 4 rings (SSSR count). The van der Waals surface area contributed by atoms with Crippen LogP contribution in [0.3, 0.4) is 0 Å². The van der Waals surface area contributed by atoms with Crippen molar-refractivity contribution in [2.45, 2.75) is 89.7 Å². The van der Waals surface area contributed by atoms with Gasteiger partial charge in [-0.25, -0.2) is 4.79 Å². The van der Waals surface area contributed by atoms with E-state index in [4.69, 9.17) is 0 Å². The molecular formula is C25H35NO4S. The van der Waals surface area contributed by atoms with E-state index in [2.05, 4.69) is 17.9 Å². The van der Waals surface area contributed by atoms with Gasteiger partial charge in [0.2, 0.25) is 0 Å². The zero-order valence-corrected chi connectivity index (χ0v) is 19.3. The number of nitrogens with zero attached hydrogens (tertiary/aromatic N) is 1. The number of thiophene rings is 1. The average molecular weight is 446 g/mol. The second-order valence-electron chi connectivity index (χ2n) is 9.84. The maximum Gasteiger partial charge on any atom is 0.348 e. The van der Waals surface area contributed by atoms with Crippen molar-refractivity contribution in [1.29, 1.82) is 0 Å². The lowest BCUT2D eigenvalue weighted by molar-refractivity contribution is -0.118. The van der Waals surface area contributed by atoms with Crippen LogP contribution in [0.25, 0.3) is 5.57 Å². The molecule has 1 heterocycles. The Morgan fingerprint density at radius 2 is 1.81 bits per heavy atom. The van der Waals surface area contributed by atoms with Crippen LogP contribution in [0.2, 0.25) is 0 Å². The lowest BCUT2D eigenvalue weighted by atomic mass is 9.82. The van der Waals surface area contributed by atoms with Gasteiger partial charge < -0.3 is 15.1 Å². The lowest BCUT2D eigenvalue weighted by Gasteiger charge is -2.40. The summed E-state index contributed by atoms with van der Waals surface area (Å²) in [5.74, 6) is 0.780. The van der Waals surface area contributed by atoms with Crippen molar-refractivity contribution >= 4 is 34.3 Å². The van der Waals surface area contributed by atoms with Crippen LogP contribution < -0.4 is 4.90 Å². The van der Waals surface area contributed by atoms with Gasteiger partial charge in [-0.05, 0) is 68.4 Å². The minimum atomic E-state index is -0.864. The van der Waals surface area contributed by atoms with Gasteiger partial charge in [0.25, 0.3) is 0 Å². The van der Waals surface area contributed by atoms with Crippen LogP contribution in [0.15, 0.2) is 12.1 Å². The Balaban J connectivity index is 1.64. The summed E-state index contributed by atoms with van der Waals surface area (Å²) < 4.78 is 0. The average Bonchev–Trinajstić information content (AvgIpc) is 3.20. The number of Topliss-reactive ketones (excluding diaryl/α,β-unsaturated/α-hetero) is 1. The molecule has 1 aromatic rings. The maximum absolute atomic E-state index is 12.2. The number of aliphatic hydroxyl groups is 1. The SMILES string of the molecule is CC1CCC(CN(c2cc(C3=CCC(=O)CC3)sc2C(=O)O)C2CCC(O)CC2)CC1. The van der Waals surface area contributed by atoms with Crippen LogP contribution in [-0.4, -0.2) is 40.7 Å². The molecule has 0 spiro atoms. The van der Waals surface area contributed by atoms with E-state index >= 15 is 0 Å². The van der Waals surface area contributed by atoms with Gasteiger partial charge in [0.15, 0.2) is 0 Å². The Morgan fingerprint density at radius 3 is 2.42 bits per heavy atom. The van der Waals surface area contributed by atoms with Crippen LogP contribution in [0.4, 0.5) is 5.69 Å². The first-order valence-electron chi connectivity index (χ1n) is 11.9. The number of carbonyl (C=O) groups is 2. The predicted molar refractivity (Wildman–Crippen MR) is 125 cm³/mol. The van der Waals surface area contributed by atoms with Crippen LogP contribution in [0.1, 0.15) is 92.1 Å². The lowest BCUT2D eigenvalue weighted by Crippen LogP contribution is -2.43. The number of carbonyl (C=O) groups excluding carboxylic acids is 1. The summed E-state index contributed by atoms with van der Waals surface area (Å²) in [6.07, 6.45) is 11.8. The van der Waals surface area contributed by atoms with E-state index in [0.717, 1.165) is 54.3 Å². The molecule has 0 bridgehead atoms. The van der Waals surface area contributed by atoms with Crippen molar-refractivity contribution in [3.63, 3.8) is 0 Å². The van der Waals surface area contributed by atoms with Crippen LogP contribution >= 0.6 is 11.3 Å². The minimum Gasteiger partial charge on any atom is -0.477 e. The van der Waals surface area contributed by atoms with Gasteiger partial charge >= 0.3 is 5.97 Å². The van der Waals surface area contributed by atoms with E-state index in [1.807, 2.05) is 6.08 Å². The third-order valence-corrected chi connectivity index (χ3v) is 8.67. The highest BCUT2D eigenvalue weighted by Crippen LogP contribution is 2.41. The quantitative estimate of drug-likeness (QED) is 0.603. The van der Waals surface area contributed by atoms with Gasteiger partial charge in [-0.1, -0.05) is 25.8 Å². The minimum absolute atomic E-state index is 0.226. The van der Waals surface area contributed by atoms with Gasteiger partial charge in [-0.2, -0.15) is 0 Å². The van der Waals surface area contributed by atoms with Gasteiger partial charge in [-0.3, -0.25) is 4.79 Å². The molecule has 5 nitrogen and oxygen atoms in total. The molecule has 0 radical (unpaired) electrons. The van der Waals surface area contributed by atoms with E-state index in [-0.39, 0.29) is 17.9 Å². The second-order valence-corrected chi connectivity index (χ2v) is 10.9. The summed E-state index contributed by atoms with van der Waals surface area (Å²) in [5.41, 5.74) is 1.97. The maximum atomic E-state index is 12.2. The number of aliphatic hydroxyl groups excluding tert-OH is 1. The first kappa shape index (κ1) is 22.5. The monoisotopic (exact) mass is 445 g/mol. The summed E-state index contributed by atoms with van der Waals surface area (Å²) in [5, 5.41) is 20.0. The second kappa shape index (κ2) is 9.86. The number of aromatic carboxylic acids is 1. The molecule has 2 fully saturated rings. The topological polar surface area (TPSA) is 77.8 Å². The zero-order valence-electron chi connectivity index (χ0n) is 18.5. The van der Waals surface area contributed by atoms with Crippen molar-refractivity contribution in [2.75, 3.05) is 11.4 Å². The third kappa shape index (κ3) is 5.40. The largest absolute Gasteiger partial charge is 0.477 e. The smallest absolute Gasteiger partial charge is 0.348 e. The van der Waals surface area contributed by atoms with Crippen molar-refractivity contribution in [2.24, 2.45) is 11.8 Å². The first-order valence-corrected chi connectivity index (χ1v) is 12.7. The Bertz CT molecular complexity index is 829. The van der Waals surface area contributed by atoms with E-state index in [9.17, 15) is 19.8 Å². The van der Waals surface area contributed by atoms with Crippen LogP contribution in [0, 0.1) is 11.8 Å². The Morgan fingerprint density at radius 1 is 1.10 bits per heavy atom. The number of anilines is 1. The summed E-state index contributed by atoms with van der Waals surface area (Å²) in [6.45, 7) is 3.23. The Hall–Kier alpha value is -1.66. The third-order valence-electron chi connectivity index (χ3n) is 7.48. The van der Waals surface area contributed by atoms with E-state index in [0.29, 0.717) is 30.1 Å². The number of rotatable bonds is 6. The zero-order chi connectivity index (χ0) is 22.0. The molecule has 2 saturated carbocycles. The van der Waals surface area contributed by atoms with Gasteiger partial charge in [0, 0.05) is 30.3 Å². The normalized spacial score (nSPS) is 29.5. The Labute approximate surface area is 189 Å². The number of carboxylic acid groups (broad SMARTS) is 1. The van der Waals surface area contributed by atoms with E-state index in [1.54, 1.807) is 0 Å². The number of hydrogen-bond acceptors (Lipinski definition) is 5.